The first kappa shape index (κ1) is 12.0. The van der Waals surface area contributed by atoms with Crippen molar-refractivity contribution in [1.29, 1.82) is 0 Å². The van der Waals surface area contributed by atoms with E-state index in [1.807, 2.05) is 24.3 Å². The van der Waals surface area contributed by atoms with E-state index in [-0.39, 0.29) is 6.04 Å². The number of benzene rings is 1. The van der Waals surface area contributed by atoms with Gasteiger partial charge in [0.1, 0.15) is 0 Å². The highest BCUT2D eigenvalue weighted by Crippen LogP contribution is 2.25. The van der Waals surface area contributed by atoms with Crippen molar-refractivity contribution in [3.8, 4) is 0 Å². The molecular weight excluding hydrogens is 292 g/mol. The van der Waals surface area contributed by atoms with E-state index < -0.39 is 15.1 Å². The summed E-state index contributed by atoms with van der Waals surface area (Å²) in [5.74, 6) is 0. The minimum Gasteiger partial charge on any atom is -0.256 e. The molecule has 0 saturated carbocycles. The second-order valence-corrected chi connectivity index (χ2v) is 7.10. The van der Waals surface area contributed by atoms with Gasteiger partial charge in [0.15, 0.2) is 9.84 Å². The average molecular weight is 305 g/mol. The zero-order valence-electron chi connectivity index (χ0n) is 8.77. The SMILES string of the molecule is CS(=O)(=O)C1CNNC1c1ccc(Br)cc1. The molecule has 0 radical (unpaired) electrons. The van der Waals surface area contributed by atoms with Crippen molar-refractivity contribution < 1.29 is 8.42 Å². The van der Waals surface area contributed by atoms with Gasteiger partial charge >= 0.3 is 0 Å². The Bertz CT molecular complexity index is 472. The van der Waals surface area contributed by atoms with Gasteiger partial charge in [-0.05, 0) is 17.7 Å². The van der Waals surface area contributed by atoms with E-state index in [2.05, 4.69) is 26.8 Å². The van der Waals surface area contributed by atoms with Crippen molar-refractivity contribution >= 4 is 25.8 Å². The minimum absolute atomic E-state index is 0.178. The van der Waals surface area contributed by atoms with Crippen LogP contribution in [0.5, 0.6) is 0 Å². The second kappa shape index (κ2) is 4.44. The molecule has 6 heteroatoms. The Hall–Kier alpha value is -0.430. The Morgan fingerprint density at radius 3 is 2.50 bits per heavy atom. The molecule has 0 spiro atoms. The maximum absolute atomic E-state index is 11.6. The number of hydrogen-bond donors (Lipinski definition) is 2. The number of rotatable bonds is 2. The zero-order valence-corrected chi connectivity index (χ0v) is 11.2. The summed E-state index contributed by atoms with van der Waals surface area (Å²) in [7, 11) is -3.05. The Morgan fingerprint density at radius 2 is 1.94 bits per heavy atom. The first-order chi connectivity index (χ1) is 7.48. The second-order valence-electron chi connectivity index (χ2n) is 3.92. The van der Waals surface area contributed by atoms with Crippen molar-refractivity contribution in [2.24, 2.45) is 0 Å². The predicted octanol–water partition coefficient (Wildman–Crippen LogP) is 1.01. The van der Waals surface area contributed by atoms with Crippen LogP contribution in [0.4, 0.5) is 0 Å². The van der Waals surface area contributed by atoms with E-state index in [1.54, 1.807) is 0 Å². The summed E-state index contributed by atoms with van der Waals surface area (Å²) in [5.41, 5.74) is 6.88. The third-order valence-corrected chi connectivity index (χ3v) is 4.78. The molecule has 0 amide bonds. The van der Waals surface area contributed by atoms with Crippen LogP contribution in [0.25, 0.3) is 0 Å². The molecule has 1 heterocycles. The highest BCUT2D eigenvalue weighted by Gasteiger charge is 2.35. The van der Waals surface area contributed by atoms with Crippen LogP contribution in [0, 0.1) is 0 Å². The first-order valence-electron chi connectivity index (χ1n) is 4.91. The summed E-state index contributed by atoms with van der Waals surface area (Å²) in [6.07, 6.45) is 1.28. The van der Waals surface area contributed by atoms with Gasteiger partial charge in [0.25, 0.3) is 0 Å². The lowest BCUT2D eigenvalue weighted by atomic mass is 10.1. The van der Waals surface area contributed by atoms with Gasteiger partial charge < -0.3 is 0 Å². The summed E-state index contributed by atoms with van der Waals surface area (Å²) >= 11 is 3.35. The summed E-state index contributed by atoms with van der Waals surface area (Å²) in [5, 5.41) is -0.409. The number of hydrogen-bond acceptors (Lipinski definition) is 4. The third-order valence-electron chi connectivity index (χ3n) is 2.71. The Labute approximate surface area is 103 Å². The third kappa shape index (κ3) is 2.45. The fraction of sp³-hybridized carbons (Fsp3) is 0.400. The number of halogens is 1. The van der Waals surface area contributed by atoms with E-state index in [9.17, 15) is 8.42 Å². The summed E-state index contributed by atoms with van der Waals surface area (Å²) in [6, 6.07) is 7.49. The van der Waals surface area contributed by atoms with E-state index in [1.165, 1.54) is 6.26 Å². The molecule has 1 aliphatic heterocycles. The van der Waals surface area contributed by atoms with Crippen molar-refractivity contribution in [3.63, 3.8) is 0 Å². The molecule has 2 atom stereocenters. The molecule has 1 saturated heterocycles. The molecule has 4 nitrogen and oxygen atoms in total. The number of hydrazine groups is 1. The van der Waals surface area contributed by atoms with E-state index in [4.69, 9.17) is 0 Å². The number of sulfone groups is 1. The van der Waals surface area contributed by atoms with E-state index >= 15 is 0 Å². The zero-order chi connectivity index (χ0) is 11.8. The van der Waals surface area contributed by atoms with Gasteiger partial charge in [-0.25, -0.2) is 13.8 Å². The van der Waals surface area contributed by atoms with E-state index in [0.717, 1.165) is 10.0 Å². The molecule has 16 heavy (non-hydrogen) atoms. The van der Waals surface area contributed by atoms with Gasteiger partial charge in [0.05, 0.1) is 11.3 Å². The van der Waals surface area contributed by atoms with Crippen LogP contribution in [0.15, 0.2) is 28.7 Å². The van der Waals surface area contributed by atoms with Crippen LogP contribution in [0.2, 0.25) is 0 Å². The molecule has 0 aliphatic carbocycles. The molecule has 88 valence electrons. The first-order valence-corrected chi connectivity index (χ1v) is 7.66. The summed E-state index contributed by atoms with van der Waals surface area (Å²) in [4.78, 5) is 0. The molecule has 2 rings (SSSR count). The molecule has 0 aromatic heterocycles. The van der Waals surface area contributed by atoms with Crippen LogP contribution in [0.3, 0.4) is 0 Å². The monoisotopic (exact) mass is 304 g/mol. The van der Waals surface area contributed by atoms with Gasteiger partial charge in [-0.1, -0.05) is 28.1 Å². The van der Waals surface area contributed by atoms with Crippen LogP contribution in [-0.4, -0.2) is 26.5 Å². The average Bonchev–Trinajstić information content (AvgIpc) is 2.66. The van der Waals surface area contributed by atoms with Crippen LogP contribution >= 0.6 is 15.9 Å². The van der Waals surface area contributed by atoms with Gasteiger partial charge in [-0.15, -0.1) is 0 Å². The Morgan fingerprint density at radius 1 is 1.31 bits per heavy atom. The molecule has 1 aromatic carbocycles. The smallest absolute Gasteiger partial charge is 0.153 e. The van der Waals surface area contributed by atoms with Crippen molar-refractivity contribution in [2.45, 2.75) is 11.3 Å². The van der Waals surface area contributed by atoms with Crippen molar-refractivity contribution in [2.75, 3.05) is 12.8 Å². The normalized spacial score (nSPS) is 25.9. The highest BCUT2D eigenvalue weighted by molar-refractivity contribution is 9.10. The lowest BCUT2D eigenvalue weighted by molar-refractivity contribution is 0.557. The minimum atomic E-state index is -3.05. The number of nitrogens with one attached hydrogen (secondary N) is 2. The lowest BCUT2D eigenvalue weighted by Crippen LogP contribution is -2.29. The fourth-order valence-electron chi connectivity index (χ4n) is 1.85. The Kier molecular flexibility index (Phi) is 3.34. The predicted molar refractivity (Wildman–Crippen MR) is 66.7 cm³/mol. The molecular formula is C10H13BrN2O2S. The van der Waals surface area contributed by atoms with Crippen LogP contribution < -0.4 is 10.9 Å². The van der Waals surface area contributed by atoms with Crippen LogP contribution in [0.1, 0.15) is 11.6 Å². The standard InChI is InChI=1S/C10H13BrN2O2S/c1-16(14,15)9-6-12-13-10(9)7-2-4-8(11)5-3-7/h2-5,9-10,12-13H,6H2,1H3. The molecule has 2 N–H and O–H groups in total. The molecule has 1 aromatic rings. The molecule has 1 aliphatic rings. The topological polar surface area (TPSA) is 58.2 Å². The summed E-state index contributed by atoms with van der Waals surface area (Å²) < 4.78 is 24.2. The highest BCUT2D eigenvalue weighted by atomic mass is 79.9. The summed E-state index contributed by atoms with van der Waals surface area (Å²) in [6.45, 7) is 0.444. The molecule has 0 bridgehead atoms. The van der Waals surface area contributed by atoms with Gasteiger partial charge in [0, 0.05) is 17.3 Å². The van der Waals surface area contributed by atoms with E-state index in [0.29, 0.717) is 6.54 Å². The fourth-order valence-corrected chi connectivity index (χ4v) is 3.22. The lowest BCUT2D eigenvalue weighted by Gasteiger charge is -2.17. The van der Waals surface area contributed by atoms with Gasteiger partial charge in [0.2, 0.25) is 0 Å². The quantitative estimate of drug-likeness (QED) is 0.856. The van der Waals surface area contributed by atoms with Gasteiger partial charge in [-0.3, -0.25) is 5.43 Å². The van der Waals surface area contributed by atoms with Crippen LogP contribution in [-0.2, 0) is 9.84 Å². The van der Waals surface area contributed by atoms with Crippen molar-refractivity contribution in [3.05, 3.63) is 34.3 Å². The maximum Gasteiger partial charge on any atom is 0.153 e. The van der Waals surface area contributed by atoms with Gasteiger partial charge in [-0.2, -0.15) is 0 Å². The Balaban J connectivity index is 2.30. The molecule has 1 fully saturated rings. The van der Waals surface area contributed by atoms with Crippen molar-refractivity contribution in [1.82, 2.24) is 10.9 Å². The maximum atomic E-state index is 11.6. The molecule has 2 unspecified atom stereocenters. The largest absolute Gasteiger partial charge is 0.256 e.